The Morgan fingerprint density at radius 1 is 1.31 bits per heavy atom. The molecule has 132 valence electrons. The molecule has 0 bridgehead atoms. The van der Waals surface area contributed by atoms with Gasteiger partial charge in [-0.1, -0.05) is 23.9 Å². The van der Waals surface area contributed by atoms with E-state index in [0.29, 0.717) is 27.9 Å². The van der Waals surface area contributed by atoms with E-state index < -0.39 is 6.10 Å². The van der Waals surface area contributed by atoms with Gasteiger partial charge in [-0.05, 0) is 37.3 Å². The third-order valence-electron chi connectivity index (χ3n) is 3.80. The van der Waals surface area contributed by atoms with Gasteiger partial charge in [-0.3, -0.25) is 9.59 Å². The van der Waals surface area contributed by atoms with E-state index in [1.807, 2.05) is 24.3 Å². The molecule has 0 aliphatic carbocycles. The number of aromatic nitrogens is 1. The van der Waals surface area contributed by atoms with Crippen molar-refractivity contribution in [3.63, 3.8) is 0 Å². The van der Waals surface area contributed by atoms with Gasteiger partial charge in [-0.15, -0.1) is 0 Å². The molecule has 2 heterocycles. The number of thioether (sulfide) groups is 1. The highest BCUT2D eigenvalue weighted by Crippen LogP contribution is 2.32. The topological polar surface area (TPSA) is 93.5 Å². The molecular formula is C18H15N3O4S. The average Bonchev–Trinajstić information content (AvgIpc) is 3.04. The predicted molar refractivity (Wildman–Crippen MR) is 98.5 cm³/mol. The quantitative estimate of drug-likeness (QED) is 0.686. The Balaban J connectivity index is 1.39. The van der Waals surface area contributed by atoms with Crippen LogP contribution < -0.4 is 15.4 Å². The molecule has 0 radical (unpaired) electrons. The number of carbonyl (C=O) groups excluding carboxylic acids is 2. The minimum Gasteiger partial charge on any atom is -0.479 e. The number of hydrogen-bond donors (Lipinski definition) is 2. The van der Waals surface area contributed by atoms with Gasteiger partial charge in [0.25, 0.3) is 11.1 Å². The second kappa shape index (κ2) is 6.72. The van der Waals surface area contributed by atoms with E-state index in [9.17, 15) is 9.59 Å². The lowest BCUT2D eigenvalue weighted by Gasteiger charge is -2.23. The molecule has 1 atom stereocenters. The lowest BCUT2D eigenvalue weighted by molar-refractivity contribution is -0.122. The normalized spacial score (nSPS) is 15.9. The Bertz CT molecular complexity index is 968. The van der Waals surface area contributed by atoms with Gasteiger partial charge in [-0.2, -0.15) is 0 Å². The molecule has 1 aliphatic heterocycles. The van der Waals surface area contributed by atoms with Crippen LogP contribution in [0.15, 0.2) is 52.1 Å². The van der Waals surface area contributed by atoms with Gasteiger partial charge >= 0.3 is 0 Å². The largest absolute Gasteiger partial charge is 0.479 e. The molecule has 2 aromatic carbocycles. The molecule has 1 aromatic heterocycles. The Morgan fingerprint density at radius 2 is 2.15 bits per heavy atom. The minimum absolute atomic E-state index is 0.157. The van der Waals surface area contributed by atoms with Gasteiger partial charge in [0.2, 0.25) is 5.91 Å². The first-order chi connectivity index (χ1) is 12.6. The third-order valence-corrected chi connectivity index (χ3v) is 4.62. The van der Waals surface area contributed by atoms with E-state index >= 15 is 0 Å². The lowest BCUT2D eigenvalue weighted by atomic mass is 10.2. The summed E-state index contributed by atoms with van der Waals surface area (Å²) < 4.78 is 11.1. The van der Waals surface area contributed by atoms with Crippen LogP contribution in [-0.4, -0.2) is 28.7 Å². The predicted octanol–water partition coefficient (Wildman–Crippen LogP) is 3.28. The first-order valence-electron chi connectivity index (χ1n) is 7.98. The van der Waals surface area contributed by atoms with E-state index in [-0.39, 0.29) is 17.6 Å². The first-order valence-corrected chi connectivity index (χ1v) is 8.97. The maximum atomic E-state index is 12.2. The molecule has 3 aromatic rings. The Hall–Kier alpha value is -3.00. The Labute approximate surface area is 153 Å². The number of nitrogens with zero attached hydrogens (tertiary/aromatic N) is 1. The van der Waals surface area contributed by atoms with Crippen LogP contribution >= 0.6 is 11.8 Å². The summed E-state index contributed by atoms with van der Waals surface area (Å²) >= 11 is 1.22. The fraction of sp³-hybridized carbons (Fsp3) is 0.167. The summed E-state index contributed by atoms with van der Waals surface area (Å²) in [5.41, 5.74) is 2.56. The van der Waals surface area contributed by atoms with Crippen molar-refractivity contribution >= 4 is 46.1 Å². The average molecular weight is 369 g/mol. The van der Waals surface area contributed by atoms with Gasteiger partial charge in [0.1, 0.15) is 11.3 Å². The van der Waals surface area contributed by atoms with Crippen molar-refractivity contribution in [3.8, 4) is 5.75 Å². The van der Waals surface area contributed by atoms with Crippen LogP contribution in [0, 0.1) is 0 Å². The maximum absolute atomic E-state index is 12.2. The van der Waals surface area contributed by atoms with E-state index in [2.05, 4.69) is 15.6 Å². The van der Waals surface area contributed by atoms with Crippen LogP contribution in [0.25, 0.3) is 11.1 Å². The highest BCUT2D eigenvalue weighted by atomic mass is 32.2. The molecule has 26 heavy (non-hydrogen) atoms. The van der Waals surface area contributed by atoms with Crippen molar-refractivity contribution in [3.05, 3.63) is 42.5 Å². The zero-order valence-corrected chi connectivity index (χ0v) is 14.6. The molecule has 0 saturated heterocycles. The van der Waals surface area contributed by atoms with Crippen LogP contribution in [0.2, 0.25) is 0 Å². The van der Waals surface area contributed by atoms with Crippen molar-refractivity contribution in [2.45, 2.75) is 18.3 Å². The summed E-state index contributed by atoms with van der Waals surface area (Å²) in [5.74, 6) is 0.321. The number of fused-ring (bicyclic) bond motifs is 2. The van der Waals surface area contributed by atoms with Crippen LogP contribution in [-0.2, 0) is 9.59 Å². The molecule has 0 spiro atoms. The number of benzene rings is 2. The zero-order chi connectivity index (χ0) is 18.1. The van der Waals surface area contributed by atoms with Gasteiger partial charge in [0.15, 0.2) is 11.7 Å². The van der Waals surface area contributed by atoms with Crippen molar-refractivity contribution in [1.82, 2.24) is 4.98 Å². The maximum Gasteiger partial charge on any atom is 0.265 e. The number of amides is 2. The zero-order valence-electron chi connectivity index (χ0n) is 13.8. The highest BCUT2D eigenvalue weighted by Gasteiger charge is 2.23. The number of carbonyl (C=O) groups is 2. The molecule has 4 rings (SSSR count). The third kappa shape index (κ3) is 3.36. The summed E-state index contributed by atoms with van der Waals surface area (Å²) in [4.78, 5) is 28.2. The van der Waals surface area contributed by atoms with Gasteiger partial charge in [0.05, 0.1) is 11.4 Å². The van der Waals surface area contributed by atoms with Gasteiger partial charge in [-0.25, -0.2) is 4.98 Å². The van der Waals surface area contributed by atoms with Crippen molar-refractivity contribution in [1.29, 1.82) is 0 Å². The fourth-order valence-corrected chi connectivity index (χ4v) is 3.16. The standard InChI is InChI=1S/C18H15N3O4S/c1-10-17(23)20-13-8-11(6-7-15(13)24-10)19-16(22)9-26-18-21-12-4-2-3-5-14(12)25-18/h2-8,10H,9H2,1H3,(H,19,22)(H,20,23)/t10-/m0/s1. The van der Waals surface area contributed by atoms with Crippen molar-refractivity contribution in [2.24, 2.45) is 0 Å². The molecule has 0 saturated carbocycles. The molecule has 7 nitrogen and oxygen atoms in total. The smallest absolute Gasteiger partial charge is 0.265 e. The summed E-state index contributed by atoms with van der Waals surface area (Å²) in [6.45, 7) is 1.68. The van der Waals surface area contributed by atoms with E-state index in [0.717, 1.165) is 5.52 Å². The number of para-hydroxylation sites is 2. The fourth-order valence-electron chi connectivity index (χ4n) is 2.52. The second-order valence-corrected chi connectivity index (χ2v) is 6.67. The van der Waals surface area contributed by atoms with Crippen LogP contribution in [0.3, 0.4) is 0 Å². The SMILES string of the molecule is C[C@@H]1Oc2ccc(NC(=O)CSc3nc4ccccc4o3)cc2NC1=O. The van der Waals surface area contributed by atoms with Crippen LogP contribution in [0.1, 0.15) is 6.92 Å². The Kier molecular flexibility index (Phi) is 4.26. The molecule has 8 heteroatoms. The number of ether oxygens (including phenoxy) is 1. The van der Waals surface area contributed by atoms with E-state index in [1.165, 1.54) is 11.8 Å². The minimum atomic E-state index is -0.532. The molecule has 0 unspecified atom stereocenters. The molecule has 0 fully saturated rings. The summed E-state index contributed by atoms with van der Waals surface area (Å²) in [6, 6.07) is 12.5. The molecule has 2 amide bonds. The van der Waals surface area contributed by atoms with Crippen molar-refractivity contribution in [2.75, 3.05) is 16.4 Å². The number of rotatable bonds is 4. The van der Waals surface area contributed by atoms with E-state index in [1.54, 1.807) is 25.1 Å². The number of nitrogens with one attached hydrogen (secondary N) is 2. The monoisotopic (exact) mass is 369 g/mol. The highest BCUT2D eigenvalue weighted by molar-refractivity contribution is 7.99. The summed E-state index contributed by atoms with van der Waals surface area (Å²) in [7, 11) is 0. The van der Waals surface area contributed by atoms with Gasteiger partial charge < -0.3 is 19.8 Å². The van der Waals surface area contributed by atoms with Crippen LogP contribution in [0.4, 0.5) is 11.4 Å². The van der Waals surface area contributed by atoms with Crippen LogP contribution in [0.5, 0.6) is 5.75 Å². The second-order valence-electron chi connectivity index (χ2n) is 5.74. The molecule has 2 N–H and O–H groups in total. The molecule has 1 aliphatic rings. The van der Waals surface area contributed by atoms with E-state index in [4.69, 9.17) is 9.15 Å². The number of oxazole rings is 1. The summed E-state index contributed by atoms with van der Waals surface area (Å²) in [6.07, 6.45) is -0.532. The summed E-state index contributed by atoms with van der Waals surface area (Å²) in [5, 5.41) is 5.98. The molecular weight excluding hydrogens is 354 g/mol. The number of hydrogen-bond acceptors (Lipinski definition) is 6. The van der Waals surface area contributed by atoms with Crippen molar-refractivity contribution < 1.29 is 18.7 Å². The first kappa shape index (κ1) is 16.5. The lowest BCUT2D eigenvalue weighted by Crippen LogP contribution is -2.34. The number of anilines is 2. The Morgan fingerprint density at radius 3 is 3.00 bits per heavy atom. The van der Waals surface area contributed by atoms with Gasteiger partial charge in [0, 0.05) is 5.69 Å².